The van der Waals surface area contributed by atoms with Crippen molar-refractivity contribution in [2.45, 2.75) is 71.1 Å². The molecular formula is C21H31N3O2S. The molecule has 0 spiro atoms. The second-order valence-corrected chi connectivity index (χ2v) is 10.6. The van der Waals surface area contributed by atoms with E-state index in [0.717, 1.165) is 67.5 Å². The lowest BCUT2D eigenvalue weighted by molar-refractivity contribution is -0.140. The number of hydrogen-bond donors (Lipinski definition) is 1. The molecule has 6 rings (SSSR count). The fourth-order valence-electron chi connectivity index (χ4n) is 6.70. The molecule has 1 saturated heterocycles. The van der Waals surface area contributed by atoms with Gasteiger partial charge < -0.3 is 10.1 Å². The fourth-order valence-corrected chi connectivity index (χ4v) is 7.39. The first-order chi connectivity index (χ1) is 13.0. The van der Waals surface area contributed by atoms with Crippen LogP contribution in [0.15, 0.2) is 5.38 Å². The van der Waals surface area contributed by atoms with E-state index in [1.165, 1.54) is 19.3 Å². The first kappa shape index (κ1) is 18.1. The van der Waals surface area contributed by atoms with E-state index < -0.39 is 0 Å². The third-order valence-corrected chi connectivity index (χ3v) is 7.98. The van der Waals surface area contributed by atoms with Gasteiger partial charge in [-0.15, -0.1) is 11.3 Å². The molecule has 0 radical (unpaired) electrons. The summed E-state index contributed by atoms with van der Waals surface area (Å²) in [6.45, 7) is 6.97. The summed E-state index contributed by atoms with van der Waals surface area (Å²) >= 11 is 1.57. The largest absolute Gasteiger partial charge is 0.373 e. The molecule has 5 fully saturated rings. The summed E-state index contributed by atoms with van der Waals surface area (Å²) in [6.07, 6.45) is 7.94. The van der Waals surface area contributed by atoms with Crippen molar-refractivity contribution >= 4 is 22.4 Å². The molecule has 5 aliphatic rings. The average Bonchev–Trinajstić information content (AvgIpc) is 2.99. The van der Waals surface area contributed by atoms with Crippen molar-refractivity contribution < 1.29 is 9.53 Å². The van der Waals surface area contributed by atoms with Gasteiger partial charge in [0.15, 0.2) is 5.13 Å². The van der Waals surface area contributed by atoms with Gasteiger partial charge in [0.05, 0.1) is 23.3 Å². The summed E-state index contributed by atoms with van der Waals surface area (Å²) in [7, 11) is 0. The lowest BCUT2D eigenvalue weighted by Crippen LogP contribution is -2.51. The smallest absolute Gasteiger partial charge is 0.232 e. The van der Waals surface area contributed by atoms with Crippen LogP contribution in [0.4, 0.5) is 5.13 Å². The van der Waals surface area contributed by atoms with Crippen molar-refractivity contribution in [2.24, 2.45) is 23.2 Å². The number of aromatic nitrogens is 1. The van der Waals surface area contributed by atoms with Crippen LogP contribution in [0.5, 0.6) is 0 Å². The standard InChI is InChI=1S/C21H31N3O2S/c1-13-9-24(10-14(2)26-13)11-18-12-27-20(22-18)23-19(25)21-6-15-3-16(7-21)5-17(4-15)8-21/h12-17H,3-11H2,1-2H3,(H,22,23,25). The maximum absolute atomic E-state index is 13.2. The van der Waals surface area contributed by atoms with Crippen LogP contribution in [0.1, 0.15) is 58.1 Å². The van der Waals surface area contributed by atoms with Gasteiger partial charge in [-0.25, -0.2) is 4.98 Å². The molecule has 4 saturated carbocycles. The zero-order valence-electron chi connectivity index (χ0n) is 16.4. The molecule has 1 N–H and O–H groups in total. The molecule has 27 heavy (non-hydrogen) atoms. The van der Waals surface area contributed by atoms with Gasteiger partial charge in [-0.05, 0) is 70.1 Å². The topological polar surface area (TPSA) is 54.5 Å². The first-order valence-electron chi connectivity index (χ1n) is 10.6. The van der Waals surface area contributed by atoms with Crippen LogP contribution in [0, 0.1) is 23.2 Å². The van der Waals surface area contributed by atoms with Gasteiger partial charge >= 0.3 is 0 Å². The Labute approximate surface area is 165 Å². The average molecular weight is 390 g/mol. The highest BCUT2D eigenvalue weighted by atomic mass is 32.1. The minimum Gasteiger partial charge on any atom is -0.373 e. The summed E-state index contributed by atoms with van der Waals surface area (Å²) in [4.78, 5) is 20.3. The second kappa shape index (κ2) is 6.82. The predicted molar refractivity (Wildman–Crippen MR) is 107 cm³/mol. The van der Waals surface area contributed by atoms with E-state index in [-0.39, 0.29) is 23.5 Å². The quantitative estimate of drug-likeness (QED) is 0.848. The van der Waals surface area contributed by atoms with Crippen molar-refractivity contribution in [2.75, 3.05) is 18.4 Å². The Morgan fingerprint density at radius 2 is 1.78 bits per heavy atom. The Morgan fingerprint density at radius 1 is 1.19 bits per heavy atom. The van der Waals surface area contributed by atoms with E-state index in [2.05, 4.69) is 29.4 Å². The molecule has 5 nitrogen and oxygen atoms in total. The molecule has 4 bridgehead atoms. The summed E-state index contributed by atoms with van der Waals surface area (Å²) in [5.41, 5.74) is 0.956. The maximum Gasteiger partial charge on any atom is 0.232 e. The fraction of sp³-hybridized carbons (Fsp3) is 0.810. The summed E-state index contributed by atoms with van der Waals surface area (Å²) in [5, 5.41) is 6.07. The Hall–Kier alpha value is -0.980. The minimum absolute atomic E-state index is 0.102. The second-order valence-electron chi connectivity index (χ2n) is 9.75. The van der Waals surface area contributed by atoms with E-state index in [1.807, 2.05) is 0 Å². The molecule has 1 amide bonds. The van der Waals surface area contributed by atoms with E-state index >= 15 is 0 Å². The zero-order valence-corrected chi connectivity index (χ0v) is 17.3. The van der Waals surface area contributed by atoms with E-state index in [9.17, 15) is 4.79 Å². The van der Waals surface area contributed by atoms with Crippen LogP contribution >= 0.6 is 11.3 Å². The number of ether oxygens (including phenoxy) is 1. The van der Waals surface area contributed by atoms with E-state index in [0.29, 0.717) is 0 Å². The van der Waals surface area contributed by atoms with Gasteiger partial charge in [-0.1, -0.05) is 0 Å². The number of thiazole rings is 1. The van der Waals surface area contributed by atoms with E-state index in [4.69, 9.17) is 9.72 Å². The van der Waals surface area contributed by atoms with Crippen LogP contribution in [0.2, 0.25) is 0 Å². The number of amides is 1. The highest BCUT2D eigenvalue weighted by Crippen LogP contribution is 2.60. The Balaban J connectivity index is 1.22. The molecule has 148 valence electrons. The molecule has 1 aromatic heterocycles. The lowest BCUT2D eigenvalue weighted by Gasteiger charge is -2.55. The number of rotatable bonds is 4. The predicted octanol–water partition coefficient (Wildman–Crippen LogP) is 3.91. The van der Waals surface area contributed by atoms with Crippen molar-refractivity contribution in [1.29, 1.82) is 0 Å². The number of anilines is 1. The summed E-state index contributed by atoms with van der Waals surface area (Å²) in [6, 6.07) is 0. The Morgan fingerprint density at radius 3 is 2.37 bits per heavy atom. The van der Waals surface area contributed by atoms with Gasteiger partial charge in [0.25, 0.3) is 0 Å². The first-order valence-corrected chi connectivity index (χ1v) is 11.5. The normalized spacial score (nSPS) is 41.0. The van der Waals surface area contributed by atoms with Gasteiger partial charge in [0, 0.05) is 25.0 Å². The molecular weight excluding hydrogens is 358 g/mol. The molecule has 2 atom stereocenters. The van der Waals surface area contributed by atoms with Crippen molar-refractivity contribution in [1.82, 2.24) is 9.88 Å². The Kier molecular flexibility index (Phi) is 4.56. The number of carbonyl (C=O) groups excluding carboxylic acids is 1. The molecule has 0 aromatic carbocycles. The molecule has 6 heteroatoms. The summed E-state index contributed by atoms with van der Waals surface area (Å²) < 4.78 is 5.81. The number of hydrogen-bond acceptors (Lipinski definition) is 5. The SMILES string of the molecule is CC1CN(Cc2csc(NC(=O)C34CC5CC(CC(C5)C3)C4)n2)CC(C)O1. The maximum atomic E-state index is 13.2. The van der Waals surface area contributed by atoms with Crippen molar-refractivity contribution in [3.63, 3.8) is 0 Å². The Bertz CT molecular complexity index is 673. The third-order valence-electron chi connectivity index (χ3n) is 7.17. The zero-order chi connectivity index (χ0) is 18.6. The van der Waals surface area contributed by atoms with Gasteiger partial charge in [-0.3, -0.25) is 9.69 Å². The lowest BCUT2D eigenvalue weighted by atomic mass is 9.49. The van der Waals surface area contributed by atoms with E-state index in [1.54, 1.807) is 11.3 Å². The third kappa shape index (κ3) is 3.56. The highest BCUT2D eigenvalue weighted by molar-refractivity contribution is 7.13. The number of carbonyl (C=O) groups is 1. The summed E-state index contributed by atoms with van der Waals surface area (Å²) in [5.74, 6) is 2.62. The monoisotopic (exact) mass is 389 g/mol. The molecule has 2 heterocycles. The molecule has 2 unspecified atom stereocenters. The van der Waals surface area contributed by atoms with Crippen LogP contribution in [0.3, 0.4) is 0 Å². The van der Waals surface area contributed by atoms with Crippen LogP contribution in [-0.2, 0) is 16.1 Å². The van der Waals surface area contributed by atoms with Crippen molar-refractivity contribution in [3.8, 4) is 0 Å². The van der Waals surface area contributed by atoms with Crippen LogP contribution in [-0.4, -0.2) is 41.1 Å². The van der Waals surface area contributed by atoms with Gasteiger partial charge in [0.2, 0.25) is 5.91 Å². The minimum atomic E-state index is -0.102. The molecule has 1 aromatic rings. The number of nitrogens with one attached hydrogen (secondary N) is 1. The van der Waals surface area contributed by atoms with Gasteiger partial charge in [-0.2, -0.15) is 0 Å². The number of nitrogens with zero attached hydrogens (tertiary/aromatic N) is 2. The number of morpholine rings is 1. The molecule has 1 aliphatic heterocycles. The van der Waals surface area contributed by atoms with Gasteiger partial charge in [0.1, 0.15) is 0 Å². The van der Waals surface area contributed by atoms with Crippen LogP contribution in [0.25, 0.3) is 0 Å². The highest BCUT2D eigenvalue weighted by Gasteiger charge is 2.54. The van der Waals surface area contributed by atoms with Crippen molar-refractivity contribution in [3.05, 3.63) is 11.1 Å². The van der Waals surface area contributed by atoms with Crippen LogP contribution < -0.4 is 5.32 Å². The molecule has 4 aliphatic carbocycles.